The molecule has 0 aliphatic carbocycles. The van der Waals surface area contributed by atoms with E-state index in [1.165, 1.54) is 24.2 Å². The van der Waals surface area contributed by atoms with E-state index in [0.717, 1.165) is 17.5 Å². The minimum atomic E-state index is -0.344. The average molecular weight is 293 g/mol. The second kappa shape index (κ2) is 6.65. The van der Waals surface area contributed by atoms with Gasteiger partial charge in [0.15, 0.2) is 5.52 Å². The lowest BCUT2D eigenvalue weighted by molar-refractivity contribution is -0.382. The van der Waals surface area contributed by atoms with E-state index in [-0.39, 0.29) is 16.7 Å². The summed E-state index contributed by atoms with van der Waals surface area (Å²) in [5.74, 6) is 0. The molecule has 0 radical (unpaired) electrons. The first-order valence-electron chi connectivity index (χ1n) is 6.90. The van der Waals surface area contributed by atoms with Crippen LogP contribution < -0.4 is 5.32 Å². The van der Waals surface area contributed by atoms with Crippen molar-refractivity contribution in [2.75, 3.05) is 5.32 Å². The Morgan fingerprint density at radius 3 is 2.95 bits per heavy atom. The molecule has 6 heteroatoms. The van der Waals surface area contributed by atoms with Crippen LogP contribution in [0.4, 0.5) is 11.4 Å². The van der Waals surface area contributed by atoms with Crippen molar-refractivity contribution in [3.05, 3.63) is 27.8 Å². The van der Waals surface area contributed by atoms with Gasteiger partial charge < -0.3 is 5.32 Å². The van der Waals surface area contributed by atoms with Crippen LogP contribution in [0.15, 0.2) is 17.6 Å². The Bertz CT molecular complexity index is 597. The van der Waals surface area contributed by atoms with Gasteiger partial charge in [0.05, 0.1) is 15.1 Å². The van der Waals surface area contributed by atoms with Crippen LogP contribution >= 0.6 is 11.3 Å². The van der Waals surface area contributed by atoms with Crippen molar-refractivity contribution < 1.29 is 4.92 Å². The van der Waals surface area contributed by atoms with E-state index in [1.54, 1.807) is 11.6 Å². The molecular weight excluding hydrogens is 274 g/mol. The number of benzene rings is 1. The molecule has 0 aliphatic heterocycles. The first kappa shape index (κ1) is 14.7. The largest absolute Gasteiger partial charge is 0.377 e. The molecule has 0 bridgehead atoms. The number of hydrogen-bond donors (Lipinski definition) is 1. The van der Waals surface area contributed by atoms with Crippen molar-refractivity contribution in [2.45, 2.75) is 45.6 Å². The van der Waals surface area contributed by atoms with E-state index in [0.29, 0.717) is 11.2 Å². The van der Waals surface area contributed by atoms with Gasteiger partial charge in [-0.2, -0.15) is 0 Å². The molecule has 0 saturated heterocycles. The molecule has 1 heterocycles. The SMILES string of the molecule is CCCCCC(C)Nc1ccc2scnc2c1[N+](=O)[O-]. The van der Waals surface area contributed by atoms with Gasteiger partial charge in [-0.3, -0.25) is 10.1 Å². The highest BCUT2D eigenvalue weighted by atomic mass is 32.1. The molecule has 0 spiro atoms. The number of nitro benzene ring substituents is 1. The number of nitrogens with zero attached hydrogens (tertiary/aromatic N) is 2. The lowest BCUT2D eigenvalue weighted by Gasteiger charge is -2.15. The van der Waals surface area contributed by atoms with Gasteiger partial charge in [0.25, 0.3) is 0 Å². The Kier molecular flexibility index (Phi) is 4.89. The zero-order valence-electron chi connectivity index (χ0n) is 11.8. The van der Waals surface area contributed by atoms with E-state index in [9.17, 15) is 10.1 Å². The maximum atomic E-state index is 11.3. The Morgan fingerprint density at radius 1 is 1.45 bits per heavy atom. The molecule has 1 aromatic carbocycles. The van der Waals surface area contributed by atoms with Crippen molar-refractivity contribution in [2.24, 2.45) is 0 Å². The molecule has 1 atom stereocenters. The van der Waals surface area contributed by atoms with Crippen LogP contribution in [0.1, 0.15) is 39.5 Å². The third-order valence-corrected chi connectivity index (χ3v) is 4.10. The highest BCUT2D eigenvalue weighted by molar-refractivity contribution is 7.16. The molecule has 0 amide bonds. The van der Waals surface area contributed by atoms with Gasteiger partial charge in [-0.25, -0.2) is 4.98 Å². The summed E-state index contributed by atoms with van der Waals surface area (Å²) in [5.41, 5.74) is 2.78. The molecule has 0 aliphatic rings. The van der Waals surface area contributed by atoms with E-state index in [2.05, 4.69) is 24.1 Å². The van der Waals surface area contributed by atoms with E-state index < -0.39 is 0 Å². The van der Waals surface area contributed by atoms with Crippen molar-refractivity contribution in [3.63, 3.8) is 0 Å². The molecule has 108 valence electrons. The maximum Gasteiger partial charge on any atom is 0.319 e. The monoisotopic (exact) mass is 293 g/mol. The summed E-state index contributed by atoms with van der Waals surface area (Å²) in [6.07, 6.45) is 4.52. The van der Waals surface area contributed by atoms with E-state index >= 15 is 0 Å². The molecule has 2 rings (SSSR count). The minimum absolute atomic E-state index is 0.0890. The summed E-state index contributed by atoms with van der Waals surface area (Å²) in [5, 5.41) is 14.6. The summed E-state index contributed by atoms with van der Waals surface area (Å²) >= 11 is 1.42. The highest BCUT2D eigenvalue weighted by Gasteiger charge is 2.21. The molecule has 1 unspecified atom stereocenters. The Morgan fingerprint density at radius 2 is 2.25 bits per heavy atom. The number of aromatic nitrogens is 1. The fourth-order valence-electron chi connectivity index (χ4n) is 2.26. The fraction of sp³-hybridized carbons (Fsp3) is 0.500. The topological polar surface area (TPSA) is 68.1 Å². The van der Waals surface area contributed by atoms with E-state index in [1.807, 2.05) is 6.07 Å². The van der Waals surface area contributed by atoms with Crippen molar-refractivity contribution in [1.29, 1.82) is 0 Å². The van der Waals surface area contributed by atoms with Crippen LogP contribution in [0.5, 0.6) is 0 Å². The first-order chi connectivity index (χ1) is 9.63. The Hall–Kier alpha value is -1.69. The second-order valence-electron chi connectivity index (χ2n) is 4.96. The summed E-state index contributed by atoms with van der Waals surface area (Å²) < 4.78 is 0.848. The number of hydrogen-bond acceptors (Lipinski definition) is 5. The molecular formula is C14H19N3O2S. The van der Waals surface area contributed by atoms with Crippen LogP contribution in [0.3, 0.4) is 0 Å². The minimum Gasteiger partial charge on any atom is -0.377 e. The predicted molar refractivity (Wildman–Crippen MR) is 83.5 cm³/mol. The zero-order valence-corrected chi connectivity index (χ0v) is 12.6. The quantitative estimate of drug-likeness (QED) is 0.460. The Balaban J connectivity index is 2.20. The second-order valence-corrected chi connectivity index (χ2v) is 5.85. The van der Waals surface area contributed by atoms with Gasteiger partial charge in [-0.1, -0.05) is 26.2 Å². The number of unbranched alkanes of at least 4 members (excludes halogenated alkanes) is 2. The standard InChI is InChI=1S/C14H19N3O2S/c1-3-4-5-6-10(2)16-11-7-8-12-13(15-9-20-12)14(11)17(18)19/h7-10,16H,3-6H2,1-2H3. The van der Waals surface area contributed by atoms with Crippen molar-refractivity contribution >= 4 is 32.9 Å². The Labute approximate surface area is 122 Å². The predicted octanol–water partition coefficient (Wildman–Crippen LogP) is 4.59. The molecule has 1 aromatic heterocycles. The summed E-state index contributed by atoms with van der Waals surface area (Å²) in [4.78, 5) is 15.1. The lowest BCUT2D eigenvalue weighted by atomic mass is 10.1. The van der Waals surface area contributed by atoms with Gasteiger partial charge in [0.1, 0.15) is 5.69 Å². The maximum absolute atomic E-state index is 11.3. The molecule has 0 saturated carbocycles. The normalized spacial score (nSPS) is 12.5. The molecule has 2 aromatic rings. The number of nitrogens with one attached hydrogen (secondary N) is 1. The first-order valence-corrected chi connectivity index (χ1v) is 7.78. The summed E-state index contributed by atoms with van der Waals surface area (Å²) in [6, 6.07) is 3.90. The summed E-state index contributed by atoms with van der Waals surface area (Å²) in [7, 11) is 0. The van der Waals surface area contributed by atoms with Gasteiger partial charge in [0, 0.05) is 6.04 Å². The van der Waals surface area contributed by atoms with Crippen LogP contribution in [0, 0.1) is 10.1 Å². The molecule has 1 N–H and O–H groups in total. The van der Waals surface area contributed by atoms with Crippen LogP contribution in [-0.2, 0) is 0 Å². The average Bonchev–Trinajstić information content (AvgIpc) is 2.86. The molecule has 20 heavy (non-hydrogen) atoms. The third kappa shape index (κ3) is 3.25. The van der Waals surface area contributed by atoms with Crippen molar-refractivity contribution in [1.82, 2.24) is 4.98 Å². The molecule has 0 fully saturated rings. The van der Waals surface area contributed by atoms with E-state index in [4.69, 9.17) is 0 Å². The van der Waals surface area contributed by atoms with Gasteiger partial charge >= 0.3 is 5.69 Å². The zero-order chi connectivity index (χ0) is 14.5. The third-order valence-electron chi connectivity index (χ3n) is 3.30. The summed E-state index contributed by atoms with van der Waals surface area (Å²) in [6.45, 7) is 4.23. The lowest BCUT2D eigenvalue weighted by Crippen LogP contribution is -2.16. The smallest absolute Gasteiger partial charge is 0.319 e. The van der Waals surface area contributed by atoms with Crippen LogP contribution in [-0.4, -0.2) is 15.9 Å². The van der Waals surface area contributed by atoms with Crippen molar-refractivity contribution in [3.8, 4) is 0 Å². The van der Waals surface area contributed by atoms with Crippen LogP contribution in [0.2, 0.25) is 0 Å². The fourth-order valence-corrected chi connectivity index (χ4v) is 2.94. The van der Waals surface area contributed by atoms with Gasteiger partial charge in [-0.15, -0.1) is 11.3 Å². The number of thiazole rings is 1. The number of nitro groups is 1. The van der Waals surface area contributed by atoms with Gasteiger partial charge in [0.2, 0.25) is 0 Å². The number of rotatable bonds is 7. The highest BCUT2D eigenvalue weighted by Crippen LogP contribution is 2.34. The van der Waals surface area contributed by atoms with Gasteiger partial charge in [-0.05, 0) is 25.5 Å². The number of anilines is 1. The molecule has 5 nitrogen and oxygen atoms in total. The van der Waals surface area contributed by atoms with Crippen LogP contribution in [0.25, 0.3) is 10.2 Å². The number of fused-ring (bicyclic) bond motifs is 1.